The maximum atomic E-state index is 10.6. The first kappa shape index (κ1) is 6.70. The summed E-state index contributed by atoms with van der Waals surface area (Å²) in [6, 6.07) is 0.533. The van der Waals surface area contributed by atoms with Crippen LogP contribution in [0.5, 0.6) is 0 Å². The molecule has 0 aromatic heterocycles. The molecule has 0 spiro atoms. The molecule has 0 bridgehead atoms. The summed E-state index contributed by atoms with van der Waals surface area (Å²) in [5.41, 5.74) is 0.521. The van der Waals surface area contributed by atoms with Crippen molar-refractivity contribution in [3.8, 4) is 0 Å². The molecule has 0 aromatic rings. The summed E-state index contributed by atoms with van der Waals surface area (Å²) in [5.74, 6) is -0.769. The number of hydrogen-bond acceptors (Lipinski definition) is 2. The van der Waals surface area contributed by atoms with Gasteiger partial charge in [-0.25, -0.2) is 4.79 Å². The van der Waals surface area contributed by atoms with E-state index in [-0.39, 0.29) is 0 Å². The Bertz CT molecular complexity index is 222. The van der Waals surface area contributed by atoms with E-state index < -0.39 is 5.97 Å². The number of rotatable bonds is 1. The van der Waals surface area contributed by atoms with Gasteiger partial charge in [-0.2, -0.15) is 0 Å². The molecule has 1 atom stereocenters. The predicted molar refractivity (Wildman–Crippen MR) is 40.1 cm³/mol. The molecule has 2 rings (SSSR count). The molecule has 0 saturated carbocycles. The van der Waals surface area contributed by atoms with Crippen LogP contribution in [0.15, 0.2) is 11.8 Å². The number of aliphatic carboxylic acids is 1. The van der Waals surface area contributed by atoms with Gasteiger partial charge in [-0.05, 0) is 19.3 Å². The smallest absolute Gasteiger partial charge is 0.351 e. The molecular weight excluding hydrogens is 142 g/mol. The van der Waals surface area contributed by atoms with E-state index >= 15 is 0 Å². The van der Waals surface area contributed by atoms with E-state index in [2.05, 4.69) is 0 Å². The molecule has 0 amide bonds. The Morgan fingerprint density at radius 2 is 2.45 bits per heavy atom. The van der Waals surface area contributed by atoms with E-state index in [0.717, 1.165) is 19.4 Å². The summed E-state index contributed by atoms with van der Waals surface area (Å²) < 4.78 is 0. The minimum Gasteiger partial charge on any atom is -0.477 e. The second-order valence-electron chi connectivity index (χ2n) is 3.11. The highest BCUT2D eigenvalue weighted by atomic mass is 16.4. The quantitative estimate of drug-likeness (QED) is 0.606. The maximum absolute atomic E-state index is 10.6. The summed E-state index contributed by atoms with van der Waals surface area (Å²) in [6.07, 6.45) is 5.07. The van der Waals surface area contributed by atoms with E-state index in [9.17, 15) is 4.79 Å². The molecule has 3 heteroatoms. The lowest BCUT2D eigenvalue weighted by Crippen LogP contribution is -2.49. The fraction of sp³-hybridized carbons (Fsp3) is 0.625. The molecule has 60 valence electrons. The molecule has 1 unspecified atom stereocenters. The molecule has 0 radical (unpaired) electrons. The molecule has 2 heterocycles. The number of fused-ring (bicyclic) bond motifs is 1. The predicted octanol–water partition coefficient (Wildman–Crippen LogP) is 0.823. The number of allylic oxidation sites excluding steroid dienone is 1. The zero-order chi connectivity index (χ0) is 7.84. The van der Waals surface area contributed by atoms with Crippen molar-refractivity contribution in [2.45, 2.75) is 25.3 Å². The topological polar surface area (TPSA) is 40.5 Å². The second kappa shape index (κ2) is 2.26. The zero-order valence-corrected chi connectivity index (χ0v) is 6.29. The van der Waals surface area contributed by atoms with E-state index in [1.807, 2.05) is 11.0 Å². The van der Waals surface area contributed by atoms with E-state index in [4.69, 9.17) is 5.11 Å². The summed E-state index contributed by atoms with van der Waals surface area (Å²) >= 11 is 0. The van der Waals surface area contributed by atoms with Crippen LogP contribution in [0.3, 0.4) is 0 Å². The van der Waals surface area contributed by atoms with Crippen LogP contribution in [0, 0.1) is 0 Å². The number of carbonyl (C=O) groups is 1. The van der Waals surface area contributed by atoms with Gasteiger partial charge in [-0.15, -0.1) is 0 Å². The first-order valence-electron chi connectivity index (χ1n) is 3.99. The summed E-state index contributed by atoms with van der Waals surface area (Å²) in [4.78, 5) is 12.6. The van der Waals surface area contributed by atoms with Crippen LogP contribution in [0.2, 0.25) is 0 Å². The lowest BCUT2D eigenvalue weighted by molar-refractivity contribution is -0.136. The van der Waals surface area contributed by atoms with Crippen LogP contribution in [-0.2, 0) is 4.79 Å². The van der Waals surface area contributed by atoms with E-state index in [0.29, 0.717) is 11.7 Å². The molecular formula is C8H11NO2. The second-order valence-corrected chi connectivity index (χ2v) is 3.11. The molecule has 1 saturated heterocycles. The van der Waals surface area contributed by atoms with Gasteiger partial charge < -0.3 is 10.0 Å². The molecule has 11 heavy (non-hydrogen) atoms. The van der Waals surface area contributed by atoms with Crippen LogP contribution < -0.4 is 0 Å². The maximum Gasteiger partial charge on any atom is 0.351 e. The third-order valence-corrected chi connectivity index (χ3v) is 2.51. The first-order chi connectivity index (χ1) is 5.29. The van der Waals surface area contributed by atoms with Gasteiger partial charge in [0.1, 0.15) is 5.70 Å². The Morgan fingerprint density at radius 1 is 1.64 bits per heavy atom. The lowest BCUT2D eigenvalue weighted by atomic mass is 9.93. The highest BCUT2D eigenvalue weighted by molar-refractivity contribution is 5.86. The zero-order valence-electron chi connectivity index (χ0n) is 6.29. The number of hydrogen-bond donors (Lipinski definition) is 1. The van der Waals surface area contributed by atoms with Crippen molar-refractivity contribution in [1.29, 1.82) is 0 Å². The molecule has 0 aliphatic carbocycles. The molecule has 1 N–H and O–H groups in total. The van der Waals surface area contributed by atoms with Crippen LogP contribution >= 0.6 is 0 Å². The van der Waals surface area contributed by atoms with Gasteiger partial charge in [-0.1, -0.05) is 6.08 Å². The van der Waals surface area contributed by atoms with Crippen molar-refractivity contribution < 1.29 is 9.90 Å². The van der Waals surface area contributed by atoms with Gasteiger partial charge >= 0.3 is 5.97 Å². The van der Waals surface area contributed by atoms with Gasteiger partial charge in [0.2, 0.25) is 0 Å². The van der Waals surface area contributed by atoms with Gasteiger partial charge in [0.15, 0.2) is 0 Å². The highest BCUT2D eigenvalue weighted by Crippen LogP contribution is 2.30. The van der Waals surface area contributed by atoms with Crippen molar-refractivity contribution in [3.05, 3.63) is 11.8 Å². The van der Waals surface area contributed by atoms with Crippen molar-refractivity contribution >= 4 is 5.97 Å². The third-order valence-electron chi connectivity index (χ3n) is 2.51. The average Bonchev–Trinajstić information content (AvgIpc) is 1.90. The van der Waals surface area contributed by atoms with Crippen LogP contribution in [-0.4, -0.2) is 28.6 Å². The Hall–Kier alpha value is -0.990. The Balaban J connectivity index is 2.18. The minimum atomic E-state index is -0.769. The van der Waals surface area contributed by atoms with Gasteiger partial charge in [0, 0.05) is 12.6 Å². The van der Waals surface area contributed by atoms with Gasteiger partial charge in [-0.3, -0.25) is 0 Å². The minimum absolute atomic E-state index is 0.521. The molecule has 2 aliphatic heterocycles. The highest BCUT2D eigenvalue weighted by Gasteiger charge is 2.34. The molecule has 0 aromatic carbocycles. The van der Waals surface area contributed by atoms with Crippen molar-refractivity contribution in [2.24, 2.45) is 0 Å². The van der Waals surface area contributed by atoms with E-state index in [1.54, 1.807) is 0 Å². The fourth-order valence-corrected chi connectivity index (χ4v) is 1.80. The summed E-state index contributed by atoms with van der Waals surface area (Å²) in [5, 5.41) is 8.75. The van der Waals surface area contributed by atoms with E-state index in [1.165, 1.54) is 6.42 Å². The fourth-order valence-electron chi connectivity index (χ4n) is 1.80. The number of nitrogens with zero attached hydrogens (tertiary/aromatic N) is 1. The van der Waals surface area contributed by atoms with Crippen LogP contribution in [0.4, 0.5) is 0 Å². The largest absolute Gasteiger partial charge is 0.477 e. The lowest BCUT2D eigenvalue weighted by Gasteiger charge is -2.45. The monoisotopic (exact) mass is 153 g/mol. The van der Waals surface area contributed by atoms with Gasteiger partial charge in [0.05, 0.1) is 0 Å². The standard InChI is InChI=1S/C8H11NO2/c10-8(11)7-3-1-2-6-4-5-9(6)7/h3,6H,1-2,4-5H2,(H,10,11). The number of carboxylic acids is 1. The molecule has 3 nitrogen and oxygen atoms in total. The SMILES string of the molecule is O=C(O)C1=CCCC2CCN12. The van der Waals surface area contributed by atoms with Gasteiger partial charge in [0.25, 0.3) is 0 Å². The number of carboxylic acid groups (broad SMARTS) is 1. The third kappa shape index (κ3) is 0.914. The average molecular weight is 153 g/mol. The Morgan fingerprint density at radius 3 is 2.91 bits per heavy atom. The first-order valence-corrected chi connectivity index (χ1v) is 3.99. The normalized spacial score (nSPS) is 28.5. The van der Waals surface area contributed by atoms with Crippen LogP contribution in [0.1, 0.15) is 19.3 Å². The van der Waals surface area contributed by atoms with Crippen molar-refractivity contribution in [1.82, 2.24) is 4.90 Å². The summed E-state index contributed by atoms with van der Waals surface area (Å²) in [6.45, 7) is 0.933. The molecule has 1 fully saturated rings. The summed E-state index contributed by atoms with van der Waals surface area (Å²) in [7, 11) is 0. The van der Waals surface area contributed by atoms with Crippen molar-refractivity contribution in [3.63, 3.8) is 0 Å². The Kier molecular flexibility index (Phi) is 1.37. The van der Waals surface area contributed by atoms with Crippen molar-refractivity contribution in [2.75, 3.05) is 6.54 Å². The molecule has 2 aliphatic rings. The Labute approximate surface area is 65.3 Å². The van der Waals surface area contributed by atoms with Crippen LogP contribution in [0.25, 0.3) is 0 Å².